The molecule has 1 saturated heterocycles. The molecule has 2 N–H and O–H groups in total. The molecule has 3 aromatic carbocycles. The number of aliphatic hydroxyl groups is 1. The number of benzene rings is 3. The zero-order chi connectivity index (χ0) is 20.2. The van der Waals surface area contributed by atoms with Crippen LogP contribution in [0.2, 0.25) is 0 Å². The summed E-state index contributed by atoms with van der Waals surface area (Å²) in [5.74, 6) is -1.15. The summed E-state index contributed by atoms with van der Waals surface area (Å²) in [5, 5.41) is 13.0. The van der Waals surface area contributed by atoms with Gasteiger partial charge in [0.05, 0.1) is 12.0 Å². The smallest absolute Gasteiger partial charge is 0.326 e. The van der Waals surface area contributed by atoms with Crippen LogP contribution in [0.1, 0.15) is 22.7 Å². The third-order valence-corrected chi connectivity index (χ3v) is 5.21. The Kier molecular flexibility index (Phi) is 5.40. The highest BCUT2D eigenvalue weighted by Crippen LogP contribution is 2.33. The van der Waals surface area contributed by atoms with E-state index in [1.54, 1.807) is 0 Å². The second-order valence-electron chi connectivity index (χ2n) is 7.12. The number of aliphatic hydroxyl groups excluding tert-OH is 1. The maximum absolute atomic E-state index is 13.4. The topological polar surface area (TPSA) is 69.6 Å². The monoisotopic (exact) mass is 386 g/mol. The minimum Gasteiger partial charge on any atom is -0.373 e. The van der Waals surface area contributed by atoms with Crippen molar-refractivity contribution in [1.82, 2.24) is 10.2 Å². The number of nitrogens with one attached hydrogen (secondary N) is 1. The van der Waals surface area contributed by atoms with Gasteiger partial charge in [0.25, 0.3) is 0 Å². The lowest BCUT2D eigenvalue weighted by Crippen LogP contribution is -2.61. The third kappa shape index (κ3) is 3.91. The quantitative estimate of drug-likeness (QED) is 0.705. The Hall–Kier alpha value is -3.44. The molecule has 146 valence electrons. The molecular formula is C24H22N2O3. The first kappa shape index (κ1) is 18.9. The molecule has 0 aromatic heterocycles. The number of rotatable bonds is 5. The molecule has 1 aliphatic rings. The van der Waals surface area contributed by atoms with Crippen LogP contribution in [0.25, 0.3) is 0 Å². The van der Waals surface area contributed by atoms with E-state index < -0.39 is 24.2 Å². The largest absolute Gasteiger partial charge is 0.373 e. The number of hydrogen-bond donors (Lipinski definition) is 2. The van der Waals surface area contributed by atoms with Gasteiger partial charge in [-0.2, -0.15) is 0 Å². The third-order valence-electron chi connectivity index (χ3n) is 5.21. The number of urea groups is 1. The summed E-state index contributed by atoms with van der Waals surface area (Å²) in [6, 6.07) is 27.2. The van der Waals surface area contributed by atoms with Crippen molar-refractivity contribution < 1.29 is 14.7 Å². The first-order chi connectivity index (χ1) is 14.1. The SMILES string of the molecule is O=C1NC(O)C(Cc2ccccc2)C(=O)N1C(c1ccccc1)c1ccccc1. The number of imide groups is 1. The highest BCUT2D eigenvalue weighted by molar-refractivity contribution is 5.99. The van der Waals surface area contributed by atoms with Gasteiger partial charge in [0.15, 0.2) is 0 Å². The van der Waals surface area contributed by atoms with E-state index in [4.69, 9.17) is 0 Å². The van der Waals surface area contributed by atoms with E-state index in [9.17, 15) is 14.7 Å². The lowest BCUT2D eigenvalue weighted by Gasteiger charge is -2.39. The Morgan fingerprint density at radius 1 is 0.793 bits per heavy atom. The molecule has 0 aliphatic carbocycles. The average Bonchev–Trinajstić information content (AvgIpc) is 2.76. The van der Waals surface area contributed by atoms with Gasteiger partial charge in [0.1, 0.15) is 6.23 Å². The van der Waals surface area contributed by atoms with Crippen molar-refractivity contribution in [3.05, 3.63) is 108 Å². The summed E-state index contributed by atoms with van der Waals surface area (Å²) in [6.45, 7) is 0. The van der Waals surface area contributed by atoms with E-state index in [-0.39, 0.29) is 5.91 Å². The second kappa shape index (κ2) is 8.29. The molecule has 29 heavy (non-hydrogen) atoms. The van der Waals surface area contributed by atoms with Crippen LogP contribution in [0.3, 0.4) is 0 Å². The Morgan fingerprint density at radius 3 is 1.79 bits per heavy atom. The normalized spacial score (nSPS) is 19.3. The van der Waals surface area contributed by atoms with Crippen molar-refractivity contribution in [2.75, 3.05) is 0 Å². The van der Waals surface area contributed by atoms with Crippen LogP contribution in [0, 0.1) is 5.92 Å². The van der Waals surface area contributed by atoms with Crippen LogP contribution in [-0.2, 0) is 11.2 Å². The van der Waals surface area contributed by atoms with E-state index in [0.29, 0.717) is 6.42 Å². The van der Waals surface area contributed by atoms with Gasteiger partial charge in [0.2, 0.25) is 5.91 Å². The van der Waals surface area contributed by atoms with Crippen molar-refractivity contribution >= 4 is 11.9 Å². The molecule has 2 unspecified atom stereocenters. The number of hydrogen-bond acceptors (Lipinski definition) is 3. The van der Waals surface area contributed by atoms with Gasteiger partial charge in [-0.05, 0) is 23.1 Å². The first-order valence-electron chi connectivity index (χ1n) is 9.60. The molecule has 3 aromatic rings. The Morgan fingerprint density at radius 2 is 1.28 bits per heavy atom. The van der Waals surface area contributed by atoms with E-state index >= 15 is 0 Å². The number of carbonyl (C=O) groups excluding carboxylic acids is 2. The molecular weight excluding hydrogens is 364 g/mol. The van der Waals surface area contributed by atoms with Crippen LogP contribution in [0.15, 0.2) is 91.0 Å². The van der Waals surface area contributed by atoms with Crippen molar-refractivity contribution in [1.29, 1.82) is 0 Å². The van der Waals surface area contributed by atoms with Gasteiger partial charge in [-0.1, -0.05) is 91.0 Å². The molecule has 0 saturated carbocycles. The maximum atomic E-state index is 13.4. The molecule has 4 rings (SSSR count). The fourth-order valence-corrected chi connectivity index (χ4v) is 3.78. The van der Waals surface area contributed by atoms with Crippen LogP contribution >= 0.6 is 0 Å². The Balaban J connectivity index is 1.73. The average molecular weight is 386 g/mol. The Labute approximate surface area is 169 Å². The summed E-state index contributed by atoms with van der Waals surface area (Å²) in [7, 11) is 0. The minimum absolute atomic E-state index is 0.341. The zero-order valence-corrected chi connectivity index (χ0v) is 15.8. The van der Waals surface area contributed by atoms with Crippen molar-refractivity contribution in [3.8, 4) is 0 Å². The first-order valence-corrected chi connectivity index (χ1v) is 9.60. The van der Waals surface area contributed by atoms with Crippen molar-refractivity contribution in [3.63, 3.8) is 0 Å². The highest BCUT2D eigenvalue weighted by Gasteiger charge is 2.44. The van der Waals surface area contributed by atoms with Crippen LogP contribution in [0.4, 0.5) is 4.79 Å². The molecule has 5 heteroatoms. The number of amides is 3. The van der Waals surface area contributed by atoms with Gasteiger partial charge in [-0.3, -0.25) is 9.69 Å². The summed E-state index contributed by atoms with van der Waals surface area (Å²) < 4.78 is 0. The molecule has 0 radical (unpaired) electrons. The highest BCUT2D eigenvalue weighted by atomic mass is 16.3. The van der Waals surface area contributed by atoms with Gasteiger partial charge < -0.3 is 10.4 Å². The van der Waals surface area contributed by atoms with Crippen LogP contribution in [0.5, 0.6) is 0 Å². The summed E-state index contributed by atoms with van der Waals surface area (Å²) in [4.78, 5) is 27.5. The van der Waals surface area contributed by atoms with E-state index in [1.165, 1.54) is 4.90 Å². The van der Waals surface area contributed by atoms with E-state index in [2.05, 4.69) is 5.32 Å². The predicted octanol–water partition coefficient (Wildman–Crippen LogP) is 3.51. The van der Waals surface area contributed by atoms with E-state index in [1.807, 2.05) is 91.0 Å². The second-order valence-corrected chi connectivity index (χ2v) is 7.12. The van der Waals surface area contributed by atoms with Crippen LogP contribution in [-0.4, -0.2) is 28.2 Å². The summed E-state index contributed by atoms with van der Waals surface area (Å²) in [6.07, 6.45) is -0.882. The van der Waals surface area contributed by atoms with Crippen LogP contribution < -0.4 is 5.32 Å². The maximum Gasteiger partial charge on any atom is 0.326 e. The van der Waals surface area contributed by atoms with Gasteiger partial charge >= 0.3 is 6.03 Å². The summed E-state index contributed by atoms with van der Waals surface area (Å²) >= 11 is 0. The molecule has 1 aliphatic heterocycles. The zero-order valence-electron chi connectivity index (χ0n) is 15.8. The lowest BCUT2D eigenvalue weighted by atomic mass is 9.91. The Bertz CT molecular complexity index is 937. The number of nitrogens with zero attached hydrogens (tertiary/aromatic N) is 1. The fraction of sp³-hybridized carbons (Fsp3) is 0.167. The molecule has 1 heterocycles. The molecule has 0 bridgehead atoms. The van der Waals surface area contributed by atoms with E-state index in [0.717, 1.165) is 16.7 Å². The van der Waals surface area contributed by atoms with Crippen molar-refractivity contribution in [2.45, 2.75) is 18.7 Å². The molecule has 0 spiro atoms. The minimum atomic E-state index is -1.22. The number of carbonyl (C=O) groups is 2. The lowest BCUT2D eigenvalue weighted by molar-refractivity contribution is -0.141. The molecule has 2 atom stereocenters. The molecule has 3 amide bonds. The van der Waals surface area contributed by atoms with Gasteiger partial charge in [-0.25, -0.2) is 4.79 Å². The van der Waals surface area contributed by atoms with Gasteiger partial charge in [0, 0.05) is 0 Å². The molecule has 1 fully saturated rings. The standard InChI is InChI=1S/C24H22N2O3/c27-22-20(16-17-10-4-1-5-11-17)23(28)26(24(29)25-22)21(18-12-6-2-7-13-18)19-14-8-3-9-15-19/h1-15,20-22,27H,16H2,(H,25,29). The fourth-order valence-electron chi connectivity index (χ4n) is 3.78. The summed E-state index contributed by atoms with van der Waals surface area (Å²) in [5.41, 5.74) is 2.59. The van der Waals surface area contributed by atoms with Gasteiger partial charge in [-0.15, -0.1) is 0 Å². The molecule has 5 nitrogen and oxygen atoms in total. The van der Waals surface area contributed by atoms with Crippen molar-refractivity contribution in [2.24, 2.45) is 5.92 Å². The predicted molar refractivity (Wildman–Crippen MR) is 110 cm³/mol.